The van der Waals surface area contributed by atoms with E-state index < -0.39 is 6.86 Å². The van der Waals surface area contributed by atoms with E-state index in [-0.39, 0.29) is 0 Å². The summed E-state index contributed by atoms with van der Waals surface area (Å²) in [4.78, 5) is 0. The molecule has 0 radical (unpaired) electrons. The lowest BCUT2D eigenvalue weighted by atomic mass is 9.68. The predicted octanol–water partition coefficient (Wildman–Crippen LogP) is 7.65. The summed E-state index contributed by atoms with van der Waals surface area (Å²) < 4.78 is 17.2. The molecule has 0 bridgehead atoms. The molecule has 0 unspecified atom stereocenters. The summed E-state index contributed by atoms with van der Waals surface area (Å²) in [5.74, 6) is 4.33. The van der Waals surface area contributed by atoms with Crippen molar-refractivity contribution < 1.29 is 9.13 Å². The Labute approximate surface area is 159 Å². The second-order valence-electron chi connectivity index (χ2n) is 8.71. The zero-order valence-electron chi connectivity index (χ0n) is 16.6. The van der Waals surface area contributed by atoms with Crippen molar-refractivity contribution in [3.63, 3.8) is 0 Å². The third kappa shape index (κ3) is 5.47. The van der Waals surface area contributed by atoms with E-state index in [1.807, 2.05) is 12.1 Å². The molecule has 2 saturated carbocycles. The molecule has 0 saturated heterocycles. The van der Waals surface area contributed by atoms with Gasteiger partial charge in [0.05, 0.1) is 0 Å². The molecular formula is C24H37FO. The largest absolute Gasteiger partial charge is 0.463 e. The molecular weight excluding hydrogens is 323 g/mol. The van der Waals surface area contributed by atoms with E-state index in [2.05, 4.69) is 19.1 Å². The van der Waals surface area contributed by atoms with Crippen LogP contribution in [-0.4, -0.2) is 6.86 Å². The SMILES string of the molecule is CCCCCC1CCC(C2CCC(c3ccc(OCF)cc3)CC2)CC1. The molecule has 1 aromatic rings. The normalized spacial score (nSPS) is 29.5. The highest BCUT2D eigenvalue weighted by Crippen LogP contribution is 2.44. The summed E-state index contributed by atoms with van der Waals surface area (Å²) in [7, 11) is 0. The summed E-state index contributed by atoms with van der Waals surface area (Å²) in [6.07, 6.45) is 17.1. The van der Waals surface area contributed by atoms with E-state index in [1.165, 1.54) is 82.6 Å². The molecule has 1 nitrogen and oxygen atoms in total. The molecule has 0 aromatic heterocycles. The highest BCUT2D eigenvalue weighted by atomic mass is 19.1. The average molecular weight is 361 g/mol. The summed E-state index contributed by atoms with van der Waals surface area (Å²) in [5, 5.41) is 0. The molecule has 1 aromatic carbocycles. The Morgan fingerprint density at radius 1 is 0.846 bits per heavy atom. The Morgan fingerprint density at radius 3 is 2.04 bits per heavy atom. The van der Waals surface area contributed by atoms with Crippen molar-refractivity contribution in [2.24, 2.45) is 17.8 Å². The monoisotopic (exact) mass is 360 g/mol. The Bertz CT molecular complexity index is 495. The number of ether oxygens (including phenoxy) is 1. The summed E-state index contributed by atoms with van der Waals surface area (Å²) in [6, 6.07) is 8.11. The standard InChI is InChI=1S/C24H37FO/c1-2-3-4-5-19-6-8-20(9-7-19)21-10-12-22(13-11-21)23-14-16-24(17-15-23)26-18-25/h14-17,19-22H,2-13,18H2,1H3. The van der Waals surface area contributed by atoms with Crippen LogP contribution in [0.25, 0.3) is 0 Å². The Balaban J connectivity index is 1.40. The zero-order valence-corrected chi connectivity index (χ0v) is 16.6. The number of halogens is 1. The Morgan fingerprint density at radius 2 is 1.46 bits per heavy atom. The van der Waals surface area contributed by atoms with E-state index in [0.717, 1.165) is 17.8 Å². The molecule has 2 aliphatic carbocycles. The van der Waals surface area contributed by atoms with Gasteiger partial charge in [-0.2, -0.15) is 0 Å². The quantitative estimate of drug-likeness (QED) is 0.432. The van der Waals surface area contributed by atoms with Gasteiger partial charge in [-0.25, -0.2) is 4.39 Å². The van der Waals surface area contributed by atoms with Crippen LogP contribution in [0.2, 0.25) is 0 Å². The maximum absolute atomic E-state index is 12.2. The smallest absolute Gasteiger partial charge is 0.228 e. The second kappa shape index (κ2) is 10.3. The first kappa shape index (κ1) is 19.7. The minimum absolute atomic E-state index is 0.639. The van der Waals surface area contributed by atoms with Crippen molar-refractivity contribution in [3.8, 4) is 5.75 Å². The van der Waals surface area contributed by atoms with Gasteiger partial charge in [-0.15, -0.1) is 0 Å². The van der Waals surface area contributed by atoms with Gasteiger partial charge in [-0.05, 0) is 79.9 Å². The van der Waals surface area contributed by atoms with Crippen LogP contribution in [0.15, 0.2) is 24.3 Å². The lowest BCUT2D eigenvalue weighted by Gasteiger charge is -2.38. The number of hydrogen-bond donors (Lipinski definition) is 0. The van der Waals surface area contributed by atoms with Crippen LogP contribution in [0, 0.1) is 17.8 Å². The van der Waals surface area contributed by atoms with Crippen molar-refractivity contribution in [2.45, 2.75) is 89.9 Å². The molecule has 2 fully saturated rings. The molecule has 0 N–H and O–H groups in total. The molecule has 0 aliphatic heterocycles. The molecule has 0 atom stereocenters. The average Bonchev–Trinajstić information content (AvgIpc) is 2.70. The third-order valence-electron chi connectivity index (χ3n) is 7.12. The molecule has 0 spiro atoms. The van der Waals surface area contributed by atoms with Gasteiger partial charge in [0.1, 0.15) is 5.75 Å². The van der Waals surface area contributed by atoms with E-state index >= 15 is 0 Å². The first-order valence-corrected chi connectivity index (χ1v) is 11.1. The fraction of sp³-hybridized carbons (Fsp3) is 0.750. The predicted molar refractivity (Wildman–Crippen MR) is 107 cm³/mol. The fourth-order valence-electron chi connectivity index (χ4n) is 5.45. The third-order valence-corrected chi connectivity index (χ3v) is 7.12. The van der Waals surface area contributed by atoms with Crippen molar-refractivity contribution in [1.82, 2.24) is 0 Å². The molecule has 26 heavy (non-hydrogen) atoms. The van der Waals surface area contributed by atoms with Crippen LogP contribution in [-0.2, 0) is 0 Å². The van der Waals surface area contributed by atoms with E-state index in [1.54, 1.807) is 0 Å². The van der Waals surface area contributed by atoms with Gasteiger partial charge in [0.25, 0.3) is 0 Å². The Kier molecular flexibility index (Phi) is 7.83. The Hall–Kier alpha value is -1.05. The van der Waals surface area contributed by atoms with Gasteiger partial charge in [0.2, 0.25) is 6.86 Å². The van der Waals surface area contributed by atoms with Crippen molar-refractivity contribution in [3.05, 3.63) is 29.8 Å². The minimum Gasteiger partial charge on any atom is -0.463 e. The number of rotatable bonds is 8. The van der Waals surface area contributed by atoms with Crippen LogP contribution in [0.5, 0.6) is 5.75 Å². The van der Waals surface area contributed by atoms with Crippen molar-refractivity contribution in [2.75, 3.05) is 6.86 Å². The lowest BCUT2D eigenvalue weighted by molar-refractivity contribution is 0.155. The summed E-state index contributed by atoms with van der Waals surface area (Å²) >= 11 is 0. The molecule has 146 valence electrons. The second-order valence-corrected chi connectivity index (χ2v) is 8.71. The fourth-order valence-corrected chi connectivity index (χ4v) is 5.45. The molecule has 2 aliphatic rings. The van der Waals surface area contributed by atoms with Crippen LogP contribution in [0.4, 0.5) is 4.39 Å². The van der Waals surface area contributed by atoms with E-state index in [0.29, 0.717) is 11.7 Å². The lowest BCUT2D eigenvalue weighted by Crippen LogP contribution is -2.25. The van der Waals surface area contributed by atoms with Gasteiger partial charge in [-0.1, -0.05) is 57.6 Å². The molecule has 3 rings (SSSR count). The molecule has 0 heterocycles. The summed E-state index contributed by atoms with van der Waals surface area (Å²) in [5.41, 5.74) is 1.41. The first-order valence-electron chi connectivity index (χ1n) is 11.1. The van der Waals surface area contributed by atoms with Crippen LogP contribution >= 0.6 is 0 Å². The first-order chi connectivity index (χ1) is 12.8. The number of hydrogen-bond acceptors (Lipinski definition) is 1. The van der Waals surface area contributed by atoms with Crippen LogP contribution < -0.4 is 4.74 Å². The van der Waals surface area contributed by atoms with Gasteiger partial charge in [-0.3, -0.25) is 0 Å². The van der Waals surface area contributed by atoms with Crippen molar-refractivity contribution >= 4 is 0 Å². The number of unbranched alkanes of at least 4 members (excludes halogenated alkanes) is 2. The van der Waals surface area contributed by atoms with Gasteiger partial charge < -0.3 is 4.74 Å². The highest BCUT2D eigenvalue weighted by molar-refractivity contribution is 5.29. The number of benzene rings is 1. The van der Waals surface area contributed by atoms with E-state index in [9.17, 15) is 4.39 Å². The topological polar surface area (TPSA) is 9.23 Å². The molecule has 0 amide bonds. The minimum atomic E-state index is -0.745. The zero-order chi connectivity index (χ0) is 18.2. The van der Waals surface area contributed by atoms with Crippen LogP contribution in [0.3, 0.4) is 0 Å². The highest BCUT2D eigenvalue weighted by Gasteiger charge is 2.31. The summed E-state index contributed by atoms with van der Waals surface area (Å²) in [6.45, 7) is 1.56. The number of alkyl halides is 1. The maximum atomic E-state index is 12.2. The van der Waals surface area contributed by atoms with Crippen molar-refractivity contribution in [1.29, 1.82) is 0 Å². The molecule has 2 heteroatoms. The van der Waals surface area contributed by atoms with Crippen LogP contribution in [0.1, 0.15) is 95.5 Å². The maximum Gasteiger partial charge on any atom is 0.228 e. The van der Waals surface area contributed by atoms with Gasteiger partial charge in [0, 0.05) is 0 Å². The van der Waals surface area contributed by atoms with Gasteiger partial charge >= 0.3 is 0 Å². The van der Waals surface area contributed by atoms with Gasteiger partial charge in [0.15, 0.2) is 0 Å². The van der Waals surface area contributed by atoms with E-state index in [4.69, 9.17) is 4.74 Å².